The van der Waals surface area contributed by atoms with Crippen LogP contribution in [0.3, 0.4) is 0 Å². The third-order valence-corrected chi connectivity index (χ3v) is 3.66. The molecule has 1 rings (SSSR count). The van der Waals surface area contributed by atoms with Crippen molar-refractivity contribution in [3.8, 4) is 5.75 Å². The molecule has 0 radical (unpaired) electrons. The van der Waals surface area contributed by atoms with Crippen LogP contribution in [0, 0.1) is 0 Å². The summed E-state index contributed by atoms with van der Waals surface area (Å²) in [4.78, 5) is 10.4. The van der Waals surface area contributed by atoms with Gasteiger partial charge in [0, 0.05) is 18.9 Å². The van der Waals surface area contributed by atoms with E-state index in [0.29, 0.717) is 17.6 Å². The summed E-state index contributed by atoms with van der Waals surface area (Å²) < 4.78 is 33.6. The quantitative estimate of drug-likeness (QED) is 0.732. The molecule has 1 aromatic rings. The van der Waals surface area contributed by atoms with Crippen LogP contribution in [-0.2, 0) is 19.4 Å². The minimum Gasteiger partial charge on any atom is -0.486 e. The highest BCUT2D eigenvalue weighted by molar-refractivity contribution is 7.90. The number of methoxy groups -OCH3 is 1. The molecule has 0 spiro atoms. The fourth-order valence-electron chi connectivity index (χ4n) is 1.53. The van der Waals surface area contributed by atoms with Crippen LogP contribution < -0.4 is 4.74 Å². The first-order valence-corrected chi connectivity index (χ1v) is 7.22. The molecule has 5 nitrogen and oxygen atoms in total. The molecule has 1 aromatic carbocycles. The second-order valence-corrected chi connectivity index (χ2v) is 5.81. The standard InChI is InChI=1S/C12H16O5S/c1-9(16-2)11-8-10(17-7-6-13)4-5-12(11)18(3,14)15/h4-6,8-9H,7H2,1-3H3. The van der Waals surface area contributed by atoms with Crippen molar-refractivity contribution in [1.29, 1.82) is 0 Å². The van der Waals surface area contributed by atoms with Gasteiger partial charge in [0.05, 0.1) is 11.0 Å². The zero-order chi connectivity index (χ0) is 13.8. The van der Waals surface area contributed by atoms with Gasteiger partial charge in [-0.05, 0) is 25.1 Å². The number of hydrogen-bond acceptors (Lipinski definition) is 5. The van der Waals surface area contributed by atoms with Gasteiger partial charge >= 0.3 is 0 Å². The first kappa shape index (κ1) is 14.7. The minimum atomic E-state index is -3.33. The van der Waals surface area contributed by atoms with Crippen LogP contribution in [0.2, 0.25) is 0 Å². The molecular formula is C12H16O5S. The monoisotopic (exact) mass is 272 g/mol. The van der Waals surface area contributed by atoms with Gasteiger partial charge in [-0.3, -0.25) is 4.79 Å². The van der Waals surface area contributed by atoms with E-state index >= 15 is 0 Å². The highest BCUT2D eigenvalue weighted by Crippen LogP contribution is 2.28. The van der Waals surface area contributed by atoms with Crippen molar-refractivity contribution < 1.29 is 22.7 Å². The van der Waals surface area contributed by atoms with Crippen molar-refractivity contribution in [1.82, 2.24) is 0 Å². The molecule has 0 aliphatic carbocycles. The van der Waals surface area contributed by atoms with Gasteiger partial charge in [0.15, 0.2) is 16.1 Å². The van der Waals surface area contributed by atoms with Gasteiger partial charge in [-0.15, -0.1) is 0 Å². The van der Waals surface area contributed by atoms with Gasteiger partial charge in [-0.1, -0.05) is 0 Å². The molecular weight excluding hydrogens is 256 g/mol. The second-order valence-electron chi connectivity index (χ2n) is 3.83. The van der Waals surface area contributed by atoms with Gasteiger partial charge in [0.25, 0.3) is 0 Å². The molecule has 0 aromatic heterocycles. The summed E-state index contributed by atoms with van der Waals surface area (Å²) in [5.41, 5.74) is 0.517. The van der Waals surface area contributed by atoms with E-state index in [-0.39, 0.29) is 17.6 Å². The van der Waals surface area contributed by atoms with E-state index in [1.165, 1.54) is 19.2 Å². The number of ether oxygens (including phenoxy) is 2. The lowest BCUT2D eigenvalue weighted by Crippen LogP contribution is -2.07. The Bertz CT molecular complexity index is 521. The molecule has 0 heterocycles. The summed E-state index contributed by atoms with van der Waals surface area (Å²) in [6.45, 7) is 1.67. The van der Waals surface area contributed by atoms with E-state index in [0.717, 1.165) is 6.26 Å². The van der Waals surface area contributed by atoms with E-state index in [2.05, 4.69) is 0 Å². The Kier molecular flexibility index (Phi) is 4.86. The molecule has 1 atom stereocenters. The smallest absolute Gasteiger partial charge is 0.175 e. The number of hydrogen-bond donors (Lipinski definition) is 0. The Morgan fingerprint density at radius 1 is 1.39 bits per heavy atom. The van der Waals surface area contributed by atoms with Gasteiger partial charge in [0.2, 0.25) is 0 Å². The lowest BCUT2D eigenvalue weighted by atomic mass is 10.1. The van der Waals surface area contributed by atoms with Gasteiger partial charge in [-0.2, -0.15) is 0 Å². The van der Waals surface area contributed by atoms with Crippen LogP contribution in [-0.4, -0.2) is 34.7 Å². The molecule has 6 heteroatoms. The molecule has 100 valence electrons. The number of carbonyl (C=O) groups is 1. The summed E-state index contributed by atoms with van der Waals surface area (Å²) in [6.07, 6.45) is 1.39. The zero-order valence-electron chi connectivity index (χ0n) is 10.5. The number of sulfone groups is 1. The summed E-state index contributed by atoms with van der Waals surface area (Å²) in [5, 5.41) is 0. The zero-order valence-corrected chi connectivity index (χ0v) is 11.4. The largest absolute Gasteiger partial charge is 0.486 e. The van der Waals surface area contributed by atoms with E-state index in [4.69, 9.17) is 9.47 Å². The summed E-state index contributed by atoms with van der Waals surface area (Å²) in [7, 11) is -1.84. The lowest BCUT2D eigenvalue weighted by Gasteiger charge is -2.15. The Hall–Kier alpha value is -1.40. The Morgan fingerprint density at radius 3 is 2.56 bits per heavy atom. The van der Waals surface area contributed by atoms with Crippen LogP contribution >= 0.6 is 0 Å². The molecule has 18 heavy (non-hydrogen) atoms. The van der Waals surface area contributed by atoms with Gasteiger partial charge in [0.1, 0.15) is 12.4 Å². The lowest BCUT2D eigenvalue weighted by molar-refractivity contribution is -0.109. The molecule has 0 N–H and O–H groups in total. The Morgan fingerprint density at radius 2 is 2.06 bits per heavy atom. The minimum absolute atomic E-state index is 0.0704. The number of benzene rings is 1. The fraction of sp³-hybridized carbons (Fsp3) is 0.417. The molecule has 0 saturated carbocycles. The van der Waals surface area contributed by atoms with E-state index in [1.54, 1.807) is 13.0 Å². The van der Waals surface area contributed by atoms with Crippen LogP contribution in [0.4, 0.5) is 0 Å². The maximum absolute atomic E-state index is 11.6. The number of rotatable bonds is 6. The van der Waals surface area contributed by atoms with Gasteiger partial charge < -0.3 is 9.47 Å². The summed E-state index contributed by atoms with van der Waals surface area (Å²) in [6, 6.07) is 4.56. The third kappa shape index (κ3) is 3.54. The van der Waals surface area contributed by atoms with Crippen molar-refractivity contribution in [2.45, 2.75) is 17.9 Å². The Balaban J connectivity index is 3.25. The molecule has 0 aliphatic rings. The van der Waals surface area contributed by atoms with Crippen LogP contribution in [0.25, 0.3) is 0 Å². The van der Waals surface area contributed by atoms with Crippen molar-refractivity contribution in [2.75, 3.05) is 20.0 Å². The molecule has 1 unspecified atom stereocenters. The summed E-state index contributed by atoms with van der Waals surface area (Å²) in [5.74, 6) is 0.438. The number of aldehydes is 1. The van der Waals surface area contributed by atoms with E-state index in [9.17, 15) is 13.2 Å². The van der Waals surface area contributed by atoms with Crippen LogP contribution in [0.15, 0.2) is 23.1 Å². The van der Waals surface area contributed by atoms with Crippen LogP contribution in [0.5, 0.6) is 5.75 Å². The highest BCUT2D eigenvalue weighted by Gasteiger charge is 2.18. The predicted octanol–water partition coefficient (Wildman–Crippen LogP) is 1.38. The average Bonchev–Trinajstić information content (AvgIpc) is 2.33. The van der Waals surface area contributed by atoms with Crippen molar-refractivity contribution >= 4 is 16.1 Å². The maximum Gasteiger partial charge on any atom is 0.175 e. The predicted molar refractivity (Wildman–Crippen MR) is 66.5 cm³/mol. The second kappa shape index (κ2) is 5.97. The van der Waals surface area contributed by atoms with E-state index in [1.807, 2.05) is 0 Å². The first-order valence-electron chi connectivity index (χ1n) is 5.33. The highest BCUT2D eigenvalue weighted by atomic mass is 32.2. The van der Waals surface area contributed by atoms with Crippen LogP contribution in [0.1, 0.15) is 18.6 Å². The number of carbonyl (C=O) groups excluding carboxylic acids is 1. The topological polar surface area (TPSA) is 69.7 Å². The van der Waals surface area contributed by atoms with Gasteiger partial charge in [-0.25, -0.2) is 8.42 Å². The Labute approximate surface area is 107 Å². The van der Waals surface area contributed by atoms with Crippen molar-refractivity contribution in [3.05, 3.63) is 23.8 Å². The SMILES string of the molecule is COC(C)c1cc(OCC=O)ccc1S(C)(=O)=O. The van der Waals surface area contributed by atoms with Crippen molar-refractivity contribution in [2.24, 2.45) is 0 Å². The first-order chi connectivity index (χ1) is 8.40. The maximum atomic E-state index is 11.6. The normalized spacial score (nSPS) is 13.1. The summed E-state index contributed by atoms with van der Waals surface area (Å²) >= 11 is 0. The molecule has 0 fully saturated rings. The average molecular weight is 272 g/mol. The third-order valence-electron chi connectivity index (χ3n) is 2.49. The molecule has 0 saturated heterocycles. The van der Waals surface area contributed by atoms with E-state index < -0.39 is 9.84 Å². The fourth-order valence-corrected chi connectivity index (χ4v) is 2.50. The molecule has 0 bridgehead atoms. The molecule has 0 amide bonds. The van der Waals surface area contributed by atoms with Crippen molar-refractivity contribution in [3.63, 3.8) is 0 Å². The molecule has 0 aliphatic heterocycles.